The third-order valence-electron chi connectivity index (χ3n) is 7.06. The van der Waals surface area contributed by atoms with Crippen LogP contribution in [-0.4, -0.2) is 98.5 Å². The van der Waals surface area contributed by atoms with E-state index in [0.717, 1.165) is 50.5 Å². The van der Waals surface area contributed by atoms with Gasteiger partial charge in [0.15, 0.2) is 11.5 Å². The van der Waals surface area contributed by atoms with Crippen LogP contribution in [0.25, 0.3) is 0 Å². The van der Waals surface area contributed by atoms with E-state index >= 15 is 0 Å². The monoisotopic (exact) mass is 698 g/mol. The second kappa shape index (κ2) is 14.9. The number of imide groups is 1. The number of β-lactam (4-membered cyclic amide) rings is 1. The first-order valence-corrected chi connectivity index (χ1v) is 15.4. The van der Waals surface area contributed by atoms with Gasteiger partial charge in [0.1, 0.15) is 35.5 Å². The Balaban J connectivity index is 1.54. The van der Waals surface area contributed by atoms with Crippen LogP contribution in [0.4, 0.5) is 4.79 Å². The standard InChI is InChI=1S/C31H30N4O13S/c1-14(36)46-12-19-13-49-29-24(28(42)35(29)25(19)30(43)44)32-26(40)23(17-5-8-20(39)9-6-17)33-31(45)34(4)27(41)18-7-10-21(47-15(2)37)22(11-18)48-16(3)38/h5-11,23-24,29,39H,12-13H2,1-4H3,(H,32,40)(H,33,45)(H,43,44)/t23?,24?,29-/m0/s1. The number of carboxylic acids is 1. The molecule has 17 nitrogen and oxygen atoms in total. The number of urea groups is 1. The van der Waals surface area contributed by atoms with Crippen molar-refractivity contribution in [2.45, 2.75) is 38.2 Å². The Morgan fingerprint density at radius 3 is 2.18 bits per heavy atom. The highest BCUT2D eigenvalue weighted by atomic mass is 32.2. The topological polar surface area (TPSA) is 235 Å². The Morgan fingerprint density at radius 1 is 0.959 bits per heavy atom. The minimum atomic E-state index is -1.52. The quantitative estimate of drug-likeness (QED) is 0.154. The molecule has 2 aromatic rings. The van der Waals surface area contributed by atoms with E-state index in [1.165, 1.54) is 36.4 Å². The summed E-state index contributed by atoms with van der Waals surface area (Å²) in [6.45, 7) is 3.03. The zero-order valence-corrected chi connectivity index (χ0v) is 27.2. The van der Waals surface area contributed by atoms with Gasteiger partial charge in [0.25, 0.3) is 11.8 Å². The Morgan fingerprint density at radius 2 is 1.59 bits per heavy atom. The van der Waals surface area contributed by atoms with Crippen LogP contribution in [0.2, 0.25) is 0 Å². The number of esters is 3. The molecule has 1 fully saturated rings. The summed E-state index contributed by atoms with van der Waals surface area (Å²) in [5.74, 6) is -6.59. The highest BCUT2D eigenvalue weighted by Gasteiger charge is 2.54. The third kappa shape index (κ3) is 8.15. The Labute approximate surface area is 282 Å². The summed E-state index contributed by atoms with van der Waals surface area (Å²) in [6.07, 6.45) is 0. The minimum Gasteiger partial charge on any atom is -0.508 e. The van der Waals surface area contributed by atoms with Crippen molar-refractivity contribution in [1.82, 2.24) is 20.4 Å². The second-order valence-corrected chi connectivity index (χ2v) is 11.7. The van der Waals surface area contributed by atoms with Gasteiger partial charge in [-0.3, -0.25) is 38.6 Å². The fourth-order valence-corrected chi connectivity index (χ4v) is 6.14. The zero-order valence-electron chi connectivity index (χ0n) is 26.4. The number of aromatic hydroxyl groups is 1. The fourth-order valence-electron chi connectivity index (χ4n) is 4.81. The van der Waals surface area contributed by atoms with Gasteiger partial charge in [-0.15, -0.1) is 11.8 Å². The third-order valence-corrected chi connectivity index (χ3v) is 8.40. The van der Waals surface area contributed by atoms with E-state index in [-0.39, 0.29) is 52.0 Å². The van der Waals surface area contributed by atoms with Crippen molar-refractivity contribution in [3.8, 4) is 17.2 Å². The molecular weight excluding hydrogens is 668 g/mol. The van der Waals surface area contributed by atoms with Crippen LogP contribution >= 0.6 is 11.8 Å². The van der Waals surface area contributed by atoms with E-state index in [1.54, 1.807) is 0 Å². The average Bonchev–Trinajstić information content (AvgIpc) is 3.04. The maximum Gasteiger partial charge on any atom is 0.352 e. The predicted octanol–water partition coefficient (Wildman–Crippen LogP) is 1.07. The fraction of sp³-hybridized carbons (Fsp3) is 0.290. The number of ether oxygens (including phenoxy) is 3. The molecule has 0 radical (unpaired) electrons. The number of hydrogen-bond acceptors (Lipinski definition) is 13. The average molecular weight is 699 g/mol. The van der Waals surface area contributed by atoms with Crippen LogP contribution in [0, 0.1) is 0 Å². The smallest absolute Gasteiger partial charge is 0.352 e. The van der Waals surface area contributed by atoms with Gasteiger partial charge >= 0.3 is 29.9 Å². The lowest BCUT2D eigenvalue weighted by molar-refractivity contribution is -0.151. The molecule has 2 unspecified atom stereocenters. The molecule has 0 aliphatic carbocycles. The lowest BCUT2D eigenvalue weighted by Crippen LogP contribution is -2.71. The highest BCUT2D eigenvalue weighted by molar-refractivity contribution is 8.00. The van der Waals surface area contributed by atoms with E-state index < -0.39 is 65.1 Å². The molecule has 0 saturated carbocycles. The van der Waals surface area contributed by atoms with Crippen LogP contribution < -0.4 is 20.1 Å². The Kier molecular flexibility index (Phi) is 10.9. The van der Waals surface area contributed by atoms with Gasteiger partial charge in [0, 0.05) is 44.7 Å². The number of carbonyl (C=O) groups is 8. The number of hydrogen-bond donors (Lipinski definition) is 4. The summed E-state index contributed by atoms with van der Waals surface area (Å²) in [6, 6.07) is 4.87. The van der Waals surface area contributed by atoms with E-state index in [4.69, 9.17) is 14.2 Å². The van der Waals surface area contributed by atoms with Crippen LogP contribution in [-0.2, 0) is 33.5 Å². The first-order valence-electron chi connectivity index (χ1n) is 14.3. The van der Waals surface area contributed by atoms with E-state index in [9.17, 15) is 48.6 Å². The predicted molar refractivity (Wildman–Crippen MR) is 167 cm³/mol. The summed E-state index contributed by atoms with van der Waals surface area (Å²) >= 11 is 1.13. The molecule has 0 spiro atoms. The van der Waals surface area contributed by atoms with Crippen LogP contribution in [0.15, 0.2) is 53.7 Å². The van der Waals surface area contributed by atoms with Crippen molar-refractivity contribution >= 4 is 59.4 Å². The number of aliphatic carboxylic acids is 1. The van der Waals surface area contributed by atoms with Crippen LogP contribution in [0.3, 0.4) is 0 Å². The molecule has 3 atom stereocenters. The molecular formula is C31H30N4O13S. The van der Waals surface area contributed by atoms with Gasteiger partial charge in [0.2, 0.25) is 5.91 Å². The first kappa shape index (κ1) is 35.9. The van der Waals surface area contributed by atoms with Crippen molar-refractivity contribution in [3.05, 3.63) is 64.9 Å². The molecule has 2 heterocycles. The second-order valence-electron chi connectivity index (χ2n) is 10.6. The van der Waals surface area contributed by atoms with Crippen molar-refractivity contribution in [3.63, 3.8) is 0 Å². The molecule has 258 valence electrons. The number of nitrogens with zero attached hydrogens (tertiary/aromatic N) is 2. The number of carboxylic acid groups (broad SMARTS) is 1. The van der Waals surface area contributed by atoms with Gasteiger partial charge < -0.3 is 35.1 Å². The number of fused-ring (bicyclic) bond motifs is 1. The molecule has 4 rings (SSSR count). The van der Waals surface area contributed by atoms with Gasteiger partial charge in [-0.05, 0) is 35.9 Å². The number of rotatable bonds is 10. The molecule has 0 aromatic heterocycles. The number of phenols is 1. The summed E-state index contributed by atoms with van der Waals surface area (Å²) in [4.78, 5) is 101. The van der Waals surface area contributed by atoms with Gasteiger partial charge in [-0.25, -0.2) is 9.59 Å². The molecule has 2 aliphatic rings. The van der Waals surface area contributed by atoms with Crippen molar-refractivity contribution in [2.24, 2.45) is 0 Å². The Hall–Kier alpha value is -5.91. The van der Waals surface area contributed by atoms with E-state index in [2.05, 4.69) is 10.6 Å². The number of phenolic OH excluding ortho intramolecular Hbond substituents is 1. The lowest BCUT2D eigenvalue weighted by atomic mass is 10.0. The molecule has 2 aromatic carbocycles. The number of nitrogens with one attached hydrogen (secondary N) is 2. The van der Waals surface area contributed by atoms with E-state index in [1.807, 2.05) is 0 Å². The van der Waals surface area contributed by atoms with Crippen LogP contribution in [0.1, 0.15) is 42.7 Å². The summed E-state index contributed by atoms with van der Waals surface area (Å²) in [5.41, 5.74) is -0.158. The van der Waals surface area contributed by atoms with Crippen molar-refractivity contribution < 1.29 is 62.8 Å². The summed E-state index contributed by atoms with van der Waals surface area (Å²) in [7, 11) is 1.11. The molecule has 1 saturated heterocycles. The molecule has 0 bridgehead atoms. The minimum absolute atomic E-state index is 0.0851. The van der Waals surface area contributed by atoms with Gasteiger partial charge in [0.05, 0.1) is 0 Å². The summed E-state index contributed by atoms with van der Waals surface area (Å²) < 4.78 is 15.0. The largest absolute Gasteiger partial charge is 0.508 e. The number of amides is 5. The summed E-state index contributed by atoms with van der Waals surface area (Å²) in [5, 5.41) is 23.7. The molecule has 49 heavy (non-hydrogen) atoms. The molecule has 5 amide bonds. The zero-order chi connectivity index (χ0) is 36.2. The molecule has 2 aliphatic heterocycles. The first-order chi connectivity index (χ1) is 23.1. The van der Waals surface area contributed by atoms with Crippen molar-refractivity contribution in [2.75, 3.05) is 19.4 Å². The van der Waals surface area contributed by atoms with Gasteiger partial charge in [-0.1, -0.05) is 12.1 Å². The number of carbonyl (C=O) groups excluding carboxylic acids is 7. The maximum atomic E-state index is 13.6. The van der Waals surface area contributed by atoms with E-state index in [0.29, 0.717) is 4.90 Å². The SMILES string of the molecule is CC(=O)OCC1=C(C(=O)O)N2C(=O)C(NC(=O)C(NC(=O)N(C)C(=O)c3ccc(OC(C)=O)c(OC(C)=O)c3)c3ccc(O)cc3)[C@@H]2SC1. The maximum absolute atomic E-state index is 13.6. The number of benzene rings is 2. The molecule has 4 N–H and O–H groups in total. The van der Waals surface area contributed by atoms with Crippen LogP contribution in [0.5, 0.6) is 17.2 Å². The van der Waals surface area contributed by atoms with Crippen molar-refractivity contribution in [1.29, 1.82) is 0 Å². The lowest BCUT2D eigenvalue weighted by Gasteiger charge is -2.49. The molecule has 18 heteroatoms. The highest BCUT2D eigenvalue weighted by Crippen LogP contribution is 2.40. The normalized spacial score (nSPS) is 17.1. The van der Waals surface area contributed by atoms with Gasteiger partial charge in [-0.2, -0.15) is 0 Å². The number of thioether (sulfide) groups is 1. The Bertz CT molecular complexity index is 1770.